The lowest BCUT2D eigenvalue weighted by Gasteiger charge is -2.23. The van der Waals surface area contributed by atoms with E-state index in [0.29, 0.717) is 13.0 Å². The fourth-order valence-corrected chi connectivity index (χ4v) is 3.88. The van der Waals surface area contributed by atoms with E-state index >= 15 is 0 Å². The van der Waals surface area contributed by atoms with Crippen molar-refractivity contribution in [2.45, 2.75) is 43.4 Å². The molecule has 2 aromatic heterocycles. The molecule has 0 saturated carbocycles. The standard InChI is InChI=1S/C15H21N6O8P/c16-12-9-13(19-5-18-12)21(6-20-9)14-11(29-15(23)7-2-1-3-17-7)10(22)8(28-14)4-27-30(24,25)26/h5-8,10-11,14,17,22H,1-4H2,(H2,16,18,19)(H2,24,25,26)/t7?,8-,10-,11-,14-/m1/s1. The number of anilines is 1. The summed E-state index contributed by atoms with van der Waals surface area (Å²) >= 11 is 0. The highest BCUT2D eigenvalue weighted by molar-refractivity contribution is 7.46. The van der Waals surface area contributed by atoms with Gasteiger partial charge in [-0.25, -0.2) is 19.5 Å². The van der Waals surface area contributed by atoms with Gasteiger partial charge < -0.3 is 35.4 Å². The van der Waals surface area contributed by atoms with Crippen molar-refractivity contribution in [3.05, 3.63) is 12.7 Å². The van der Waals surface area contributed by atoms with Crippen molar-refractivity contribution in [1.29, 1.82) is 0 Å². The summed E-state index contributed by atoms with van der Waals surface area (Å²) in [4.78, 5) is 42.5. The van der Waals surface area contributed by atoms with Crippen molar-refractivity contribution in [3.63, 3.8) is 0 Å². The first-order valence-electron chi connectivity index (χ1n) is 9.15. The Labute approximate surface area is 169 Å². The molecule has 4 rings (SSSR count). The highest BCUT2D eigenvalue weighted by Crippen LogP contribution is 2.39. The number of nitrogen functional groups attached to an aromatic ring is 1. The quantitative estimate of drug-likeness (QED) is 0.253. The maximum atomic E-state index is 12.5. The van der Waals surface area contributed by atoms with Crippen molar-refractivity contribution < 1.29 is 38.3 Å². The van der Waals surface area contributed by atoms with Crippen LogP contribution in [-0.2, 0) is 23.4 Å². The van der Waals surface area contributed by atoms with Gasteiger partial charge in [-0.3, -0.25) is 13.9 Å². The molecule has 2 aromatic rings. The van der Waals surface area contributed by atoms with Gasteiger partial charge in [0.25, 0.3) is 0 Å². The van der Waals surface area contributed by atoms with Gasteiger partial charge in [-0.05, 0) is 19.4 Å². The molecule has 1 unspecified atom stereocenters. The second-order valence-electron chi connectivity index (χ2n) is 6.98. The van der Waals surface area contributed by atoms with Crippen molar-refractivity contribution in [1.82, 2.24) is 24.8 Å². The first-order valence-corrected chi connectivity index (χ1v) is 10.7. The molecule has 2 aliphatic rings. The summed E-state index contributed by atoms with van der Waals surface area (Å²) in [6.07, 6.45) is -0.942. The van der Waals surface area contributed by atoms with Gasteiger partial charge in [0.05, 0.1) is 12.9 Å². The van der Waals surface area contributed by atoms with Crippen LogP contribution in [0.4, 0.5) is 5.82 Å². The van der Waals surface area contributed by atoms with Crippen LogP contribution in [0.15, 0.2) is 12.7 Å². The zero-order valence-electron chi connectivity index (χ0n) is 15.6. The lowest BCUT2D eigenvalue weighted by atomic mass is 10.1. The van der Waals surface area contributed by atoms with Gasteiger partial charge in [0, 0.05) is 0 Å². The van der Waals surface area contributed by atoms with E-state index in [1.165, 1.54) is 17.2 Å². The van der Waals surface area contributed by atoms with Gasteiger partial charge >= 0.3 is 13.8 Å². The number of fused-ring (bicyclic) bond motifs is 1. The number of carbonyl (C=O) groups is 1. The lowest BCUT2D eigenvalue weighted by molar-refractivity contribution is -0.160. The van der Waals surface area contributed by atoms with Gasteiger partial charge in [0.15, 0.2) is 23.8 Å². The number of nitrogens with zero attached hydrogens (tertiary/aromatic N) is 4. The number of aromatic nitrogens is 4. The third-order valence-electron chi connectivity index (χ3n) is 4.98. The van der Waals surface area contributed by atoms with E-state index in [1.807, 2.05) is 0 Å². The van der Waals surface area contributed by atoms with Gasteiger partial charge in [-0.2, -0.15) is 0 Å². The zero-order chi connectivity index (χ0) is 21.5. The Hall–Kier alpha value is -2.19. The number of ether oxygens (including phenoxy) is 2. The number of hydrogen-bond donors (Lipinski definition) is 5. The SMILES string of the molecule is Nc1ncnc2c1ncn2[C@@H]1O[C@H](COP(=O)(O)O)[C@@H](O)[C@H]1OC(=O)C1CCCN1. The van der Waals surface area contributed by atoms with E-state index in [2.05, 4.69) is 24.8 Å². The number of carbonyl (C=O) groups excluding carboxylic acids is 1. The summed E-state index contributed by atoms with van der Waals surface area (Å²) < 4.78 is 28.2. The summed E-state index contributed by atoms with van der Waals surface area (Å²) in [6.45, 7) is 0.0510. The molecule has 0 bridgehead atoms. The molecule has 0 radical (unpaired) electrons. The van der Waals surface area contributed by atoms with Crippen LogP contribution in [0.25, 0.3) is 11.2 Å². The van der Waals surface area contributed by atoms with E-state index < -0.39 is 51.0 Å². The number of esters is 1. The molecular formula is C15H21N6O8P. The summed E-state index contributed by atoms with van der Waals surface area (Å²) in [5.74, 6) is -0.442. The Morgan fingerprint density at radius 1 is 1.40 bits per heavy atom. The van der Waals surface area contributed by atoms with Crippen LogP contribution in [0.1, 0.15) is 19.1 Å². The maximum Gasteiger partial charge on any atom is 0.469 e. The number of nitrogens with two attached hydrogens (primary N) is 1. The smallest absolute Gasteiger partial charge is 0.453 e. The van der Waals surface area contributed by atoms with Crippen LogP contribution in [0.3, 0.4) is 0 Å². The topological polar surface area (TPSA) is 204 Å². The molecule has 15 heteroatoms. The molecule has 14 nitrogen and oxygen atoms in total. The van der Waals surface area contributed by atoms with E-state index in [1.54, 1.807) is 0 Å². The second kappa shape index (κ2) is 8.15. The summed E-state index contributed by atoms with van der Waals surface area (Å²) in [5, 5.41) is 13.7. The Morgan fingerprint density at radius 3 is 2.90 bits per heavy atom. The predicted molar refractivity (Wildman–Crippen MR) is 98.6 cm³/mol. The maximum absolute atomic E-state index is 12.5. The van der Waals surface area contributed by atoms with Crippen LogP contribution in [0.2, 0.25) is 0 Å². The number of hydrogen-bond acceptors (Lipinski definition) is 11. The van der Waals surface area contributed by atoms with Crippen LogP contribution in [0.5, 0.6) is 0 Å². The van der Waals surface area contributed by atoms with Crippen molar-refractivity contribution in [3.8, 4) is 0 Å². The minimum absolute atomic E-state index is 0.127. The van der Waals surface area contributed by atoms with Gasteiger partial charge in [-0.15, -0.1) is 0 Å². The predicted octanol–water partition coefficient (Wildman–Crippen LogP) is -1.56. The van der Waals surface area contributed by atoms with E-state index in [0.717, 1.165) is 6.42 Å². The fourth-order valence-electron chi connectivity index (χ4n) is 3.54. The summed E-state index contributed by atoms with van der Waals surface area (Å²) in [7, 11) is -4.80. The van der Waals surface area contributed by atoms with Gasteiger partial charge in [0.1, 0.15) is 30.1 Å². The number of phosphoric acid groups is 1. The van der Waals surface area contributed by atoms with E-state index in [9.17, 15) is 14.5 Å². The van der Waals surface area contributed by atoms with E-state index in [4.69, 9.17) is 25.0 Å². The third-order valence-corrected chi connectivity index (χ3v) is 5.46. The average Bonchev–Trinajstić information content (AvgIpc) is 3.41. The highest BCUT2D eigenvalue weighted by atomic mass is 31.2. The molecule has 164 valence electrons. The molecular weight excluding hydrogens is 423 g/mol. The number of imidazole rings is 1. The van der Waals surface area contributed by atoms with Crippen LogP contribution < -0.4 is 11.1 Å². The molecule has 0 aliphatic carbocycles. The number of aliphatic hydroxyl groups is 1. The highest BCUT2D eigenvalue weighted by Gasteiger charge is 2.49. The Morgan fingerprint density at radius 2 is 2.20 bits per heavy atom. The Balaban J connectivity index is 1.62. The molecule has 0 spiro atoms. The first-order chi connectivity index (χ1) is 14.2. The lowest BCUT2D eigenvalue weighted by Crippen LogP contribution is -2.41. The van der Waals surface area contributed by atoms with Crippen molar-refractivity contribution >= 4 is 30.8 Å². The van der Waals surface area contributed by atoms with Crippen LogP contribution >= 0.6 is 7.82 Å². The fraction of sp³-hybridized carbons (Fsp3) is 0.600. The molecule has 2 saturated heterocycles. The molecule has 2 fully saturated rings. The zero-order valence-corrected chi connectivity index (χ0v) is 16.5. The van der Waals surface area contributed by atoms with Crippen LogP contribution in [0, 0.1) is 0 Å². The summed E-state index contributed by atoms with van der Waals surface area (Å²) in [6, 6.07) is -0.513. The molecule has 4 heterocycles. The third kappa shape index (κ3) is 4.16. The number of aliphatic hydroxyl groups excluding tert-OH is 1. The second-order valence-corrected chi connectivity index (χ2v) is 8.21. The molecule has 2 aliphatic heterocycles. The minimum Gasteiger partial charge on any atom is -0.453 e. The van der Waals surface area contributed by atoms with E-state index in [-0.39, 0.29) is 17.0 Å². The number of nitrogens with one attached hydrogen (secondary N) is 1. The molecule has 6 N–H and O–H groups in total. The Bertz CT molecular complexity index is 975. The van der Waals surface area contributed by atoms with Gasteiger partial charge in [-0.1, -0.05) is 0 Å². The first kappa shape index (κ1) is 21.1. The largest absolute Gasteiger partial charge is 0.469 e. The Kier molecular flexibility index (Phi) is 5.72. The van der Waals surface area contributed by atoms with Crippen LogP contribution in [-0.4, -0.2) is 77.9 Å². The minimum atomic E-state index is -4.80. The monoisotopic (exact) mass is 444 g/mol. The number of phosphoric ester groups is 1. The molecule has 0 aromatic carbocycles. The average molecular weight is 444 g/mol. The normalized spacial score (nSPS) is 29.5. The van der Waals surface area contributed by atoms with Crippen molar-refractivity contribution in [2.24, 2.45) is 0 Å². The van der Waals surface area contributed by atoms with Gasteiger partial charge in [0.2, 0.25) is 0 Å². The molecule has 0 amide bonds. The van der Waals surface area contributed by atoms with Crippen molar-refractivity contribution in [2.75, 3.05) is 18.9 Å². The summed E-state index contributed by atoms with van der Waals surface area (Å²) in [5.41, 5.74) is 6.36. The molecule has 5 atom stereocenters. The molecule has 30 heavy (non-hydrogen) atoms. The number of rotatable bonds is 6.